The molecule has 0 aromatic heterocycles. The van der Waals surface area contributed by atoms with Crippen molar-refractivity contribution >= 4 is 0 Å². The topological polar surface area (TPSA) is 0 Å². The van der Waals surface area contributed by atoms with Crippen LogP contribution in [0, 0.1) is 23.7 Å². The highest BCUT2D eigenvalue weighted by Crippen LogP contribution is 2.47. The Labute approximate surface area is 96.8 Å². The smallest absolute Gasteiger partial charge is 0.0380 e. The molecule has 90 valence electrons. The van der Waals surface area contributed by atoms with Gasteiger partial charge in [0.25, 0.3) is 0 Å². The largest absolute Gasteiger partial charge is 0.0654 e. The molecule has 0 aliphatic heterocycles. The van der Waals surface area contributed by atoms with Crippen LogP contribution in [0.4, 0.5) is 0 Å². The lowest BCUT2D eigenvalue weighted by atomic mass is 9.87. The minimum atomic E-state index is 0.952. The van der Waals surface area contributed by atoms with E-state index in [9.17, 15) is 0 Å². The van der Waals surface area contributed by atoms with Gasteiger partial charge in [0.1, 0.15) is 0 Å². The highest BCUT2D eigenvalue weighted by molar-refractivity contribution is 4.87. The molecule has 4 atom stereocenters. The summed E-state index contributed by atoms with van der Waals surface area (Å²) in [6.07, 6.45) is 10.2. The van der Waals surface area contributed by atoms with E-state index < -0.39 is 0 Å². The van der Waals surface area contributed by atoms with Crippen molar-refractivity contribution in [3.8, 4) is 0 Å². The van der Waals surface area contributed by atoms with E-state index in [0.717, 1.165) is 23.7 Å². The van der Waals surface area contributed by atoms with E-state index in [0.29, 0.717) is 0 Å². The Hall–Kier alpha value is 0. The maximum Gasteiger partial charge on any atom is -0.0380 e. The lowest BCUT2D eigenvalue weighted by Gasteiger charge is -2.19. The van der Waals surface area contributed by atoms with E-state index in [1.54, 1.807) is 6.42 Å². The van der Waals surface area contributed by atoms with Crippen LogP contribution in [0.1, 0.15) is 72.6 Å². The van der Waals surface area contributed by atoms with Crippen molar-refractivity contribution < 1.29 is 0 Å². The zero-order valence-electron chi connectivity index (χ0n) is 11.3. The molecule has 0 amide bonds. The predicted molar refractivity (Wildman–Crippen MR) is 69.0 cm³/mol. The van der Waals surface area contributed by atoms with Gasteiger partial charge in [0.15, 0.2) is 0 Å². The molecule has 0 aromatic carbocycles. The Morgan fingerprint density at radius 2 is 1.73 bits per heavy atom. The maximum atomic E-state index is 2.47. The first-order chi connectivity index (χ1) is 7.19. The Morgan fingerprint density at radius 1 is 1.00 bits per heavy atom. The molecule has 1 rings (SSSR count). The van der Waals surface area contributed by atoms with E-state index in [1.807, 2.05) is 0 Å². The van der Waals surface area contributed by atoms with Gasteiger partial charge in [-0.25, -0.2) is 0 Å². The Balaban J connectivity index is 2.10. The van der Waals surface area contributed by atoms with Gasteiger partial charge in [0, 0.05) is 0 Å². The Morgan fingerprint density at radius 3 is 2.33 bits per heavy atom. The van der Waals surface area contributed by atoms with Crippen LogP contribution in [-0.2, 0) is 0 Å². The van der Waals surface area contributed by atoms with Gasteiger partial charge in [-0.15, -0.1) is 0 Å². The summed E-state index contributed by atoms with van der Waals surface area (Å²) in [5, 5.41) is 0. The molecule has 4 unspecified atom stereocenters. The first-order valence-corrected chi connectivity index (χ1v) is 7.19. The van der Waals surface area contributed by atoms with E-state index in [1.165, 1.54) is 38.5 Å². The van der Waals surface area contributed by atoms with Crippen LogP contribution in [-0.4, -0.2) is 0 Å². The molecule has 0 N–H and O–H groups in total. The number of hydrogen-bond acceptors (Lipinski definition) is 0. The maximum absolute atomic E-state index is 2.47. The van der Waals surface area contributed by atoms with Crippen LogP contribution in [0.3, 0.4) is 0 Å². The van der Waals surface area contributed by atoms with Crippen molar-refractivity contribution in [1.29, 1.82) is 0 Å². The molecule has 0 nitrogen and oxygen atoms in total. The molecule has 0 heteroatoms. The zero-order chi connectivity index (χ0) is 11.3. The minimum Gasteiger partial charge on any atom is -0.0654 e. The van der Waals surface area contributed by atoms with E-state index in [4.69, 9.17) is 0 Å². The minimum absolute atomic E-state index is 0.952. The summed E-state index contributed by atoms with van der Waals surface area (Å²) in [4.78, 5) is 0. The second-order valence-electron chi connectivity index (χ2n) is 5.88. The fraction of sp³-hybridized carbons (Fsp3) is 1.00. The normalized spacial score (nSPS) is 28.8. The van der Waals surface area contributed by atoms with Crippen molar-refractivity contribution in [2.75, 3.05) is 0 Å². The first-order valence-electron chi connectivity index (χ1n) is 7.19. The van der Waals surface area contributed by atoms with Crippen molar-refractivity contribution in [2.45, 2.75) is 72.6 Å². The third-order valence-electron chi connectivity index (χ3n) is 4.39. The average Bonchev–Trinajstić information content (AvgIpc) is 2.93. The standard InChI is InChI=1S/C15H30/c1-5-7-9-12(3)13(4)10-15-11-14(15)8-6-2/h12-15H,5-11H2,1-4H3. The number of rotatable bonds is 8. The molecular weight excluding hydrogens is 180 g/mol. The average molecular weight is 210 g/mol. The van der Waals surface area contributed by atoms with Crippen LogP contribution in [0.25, 0.3) is 0 Å². The third-order valence-corrected chi connectivity index (χ3v) is 4.39. The van der Waals surface area contributed by atoms with E-state index in [2.05, 4.69) is 27.7 Å². The number of unbranched alkanes of at least 4 members (excludes halogenated alkanes) is 1. The summed E-state index contributed by atoms with van der Waals surface area (Å²) in [7, 11) is 0. The van der Waals surface area contributed by atoms with Crippen LogP contribution in [0.5, 0.6) is 0 Å². The molecule has 0 bridgehead atoms. The fourth-order valence-electron chi connectivity index (χ4n) is 2.84. The molecule has 0 spiro atoms. The number of hydrogen-bond donors (Lipinski definition) is 0. The van der Waals surface area contributed by atoms with Gasteiger partial charge in [-0.2, -0.15) is 0 Å². The van der Waals surface area contributed by atoms with Crippen LogP contribution in [0.2, 0.25) is 0 Å². The highest BCUT2D eigenvalue weighted by Gasteiger charge is 2.37. The Kier molecular flexibility index (Phi) is 5.71. The second kappa shape index (κ2) is 6.55. The summed E-state index contributed by atoms with van der Waals surface area (Å²) in [6.45, 7) is 9.55. The van der Waals surface area contributed by atoms with Gasteiger partial charge >= 0.3 is 0 Å². The first kappa shape index (κ1) is 13.1. The second-order valence-corrected chi connectivity index (χ2v) is 5.88. The summed E-state index contributed by atoms with van der Waals surface area (Å²) in [5.74, 6) is 4.12. The van der Waals surface area contributed by atoms with E-state index >= 15 is 0 Å². The molecule has 1 aliphatic carbocycles. The van der Waals surface area contributed by atoms with E-state index in [-0.39, 0.29) is 0 Å². The molecule has 15 heavy (non-hydrogen) atoms. The predicted octanol–water partition coefficient (Wildman–Crippen LogP) is 5.28. The quantitative estimate of drug-likeness (QED) is 0.511. The van der Waals surface area contributed by atoms with Crippen LogP contribution >= 0.6 is 0 Å². The zero-order valence-corrected chi connectivity index (χ0v) is 11.3. The fourth-order valence-corrected chi connectivity index (χ4v) is 2.84. The monoisotopic (exact) mass is 210 g/mol. The summed E-state index contributed by atoms with van der Waals surface area (Å²) < 4.78 is 0. The van der Waals surface area contributed by atoms with Crippen molar-refractivity contribution in [3.05, 3.63) is 0 Å². The molecule has 1 saturated carbocycles. The van der Waals surface area contributed by atoms with Gasteiger partial charge in [-0.3, -0.25) is 0 Å². The lowest BCUT2D eigenvalue weighted by Crippen LogP contribution is -2.09. The summed E-state index contributed by atoms with van der Waals surface area (Å²) >= 11 is 0. The van der Waals surface area contributed by atoms with Crippen molar-refractivity contribution in [1.82, 2.24) is 0 Å². The third kappa shape index (κ3) is 4.57. The van der Waals surface area contributed by atoms with Gasteiger partial charge in [0.2, 0.25) is 0 Å². The molecular formula is C15H30. The summed E-state index contributed by atoms with van der Waals surface area (Å²) in [5.41, 5.74) is 0. The highest BCUT2D eigenvalue weighted by atomic mass is 14.4. The molecule has 1 aliphatic rings. The molecule has 0 aromatic rings. The Bertz CT molecular complexity index is 161. The van der Waals surface area contributed by atoms with Crippen molar-refractivity contribution in [3.63, 3.8) is 0 Å². The van der Waals surface area contributed by atoms with Gasteiger partial charge in [-0.05, 0) is 36.5 Å². The van der Waals surface area contributed by atoms with Crippen molar-refractivity contribution in [2.24, 2.45) is 23.7 Å². The summed E-state index contributed by atoms with van der Waals surface area (Å²) in [6, 6.07) is 0. The molecule has 0 heterocycles. The van der Waals surface area contributed by atoms with Crippen LogP contribution < -0.4 is 0 Å². The lowest BCUT2D eigenvalue weighted by molar-refractivity contribution is 0.316. The SMILES string of the molecule is CCCCC(C)C(C)CC1CC1CCC. The molecule has 0 radical (unpaired) electrons. The van der Waals surface area contributed by atoms with Crippen LogP contribution in [0.15, 0.2) is 0 Å². The van der Waals surface area contributed by atoms with Gasteiger partial charge in [0.05, 0.1) is 0 Å². The van der Waals surface area contributed by atoms with Gasteiger partial charge in [-0.1, -0.05) is 59.8 Å². The van der Waals surface area contributed by atoms with Gasteiger partial charge < -0.3 is 0 Å². The molecule has 1 fully saturated rings. The molecule has 0 saturated heterocycles.